The number of hydrogen-bond acceptors (Lipinski definition) is 3. The molecule has 0 radical (unpaired) electrons. The fourth-order valence-corrected chi connectivity index (χ4v) is 5.22. The molecule has 1 aliphatic heterocycles. The van der Waals surface area contributed by atoms with Gasteiger partial charge in [0.15, 0.2) is 0 Å². The van der Waals surface area contributed by atoms with E-state index in [1.807, 2.05) is 0 Å². The molecule has 0 aromatic carbocycles. The molecule has 1 saturated heterocycles. The van der Waals surface area contributed by atoms with Crippen molar-refractivity contribution in [1.29, 1.82) is 0 Å². The molecule has 0 N–H and O–H groups in total. The van der Waals surface area contributed by atoms with E-state index >= 15 is 0 Å². The Bertz CT molecular complexity index is 472. The van der Waals surface area contributed by atoms with Crippen molar-refractivity contribution in [3.8, 4) is 0 Å². The summed E-state index contributed by atoms with van der Waals surface area (Å²) >= 11 is 1.71. The van der Waals surface area contributed by atoms with E-state index in [4.69, 9.17) is 9.31 Å². The molecule has 2 nitrogen and oxygen atoms in total. The Balaban J connectivity index is 1.64. The molecule has 1 aromatic rings. The highest BCUT2D eigenvalue weighted by molar-refractivity contribution is 7.09. The fourth-order valence-electron chi connectivity index (χ4n) is 4.55. The van der Waals surface area contributed by atoms with Gasteiger partial charge in [-0.05, 0) is 53.2 Å². The third-order valence-corrected chi connectivity index (χ3v) is 6.21. The van der Waals surface area contributed by atoms with Crippen LogP contribution in [0, 0.1) is 17.3 Å². The summed E-state index contributed by atoms with van der Waals surface area (Å²) in [6.45, 7) is 7.05. The average Bonchev–Trinajstić information content (AvgIpc) is 2.77. The normalized spacial score (nSPS) is 44.6. The van der Waals surface area contributed by atoms with Crippen LogP contribution in [0.1, 0.15) is 33.6 Å². The van der Waals surface area contributed by atoms with Crippen molar-refractivity contribution >= 4 is 23.9 Å². The molecule has 0 spiro atoms. The molecule has 0 unspecified atom stereocenters. The second-order valence-corrected chi connectivity index (χ2v) is 7.58. The van der Waals surface area contributed by atoms with Crippen LogP contribution in [-0.2, 0) is 9.31 Å². The third-order valence-electron chi connectivity index (χ3n) is 5.51. The zero-order valence-corrected chi connectivity index (χ0v) is 12.0. The fraction of sp³-hybridized carbons (Fsp3) is 0.714. The predicted octanol–water partition coefficient (Wildman–Crippen LogP) is 2.68. The number of hydrogen-bond donors (Lipinski definition) is 0. The topological polar surface area (TPSA) is 18.5 Å². The van der Waals surface area contributed by atoms with Crippen molar-refractivity contribution in [2.45, 2.75) is 45.3 Å². The van der Waals surface area contributed by atoms with Crippen LogP contribution in [0.4, 0.5) is 0 Å². The minimum absolute atomic E-state index is 0.0704. The minimum atomic E-state index is -0.138. The SMILES string of the molecule is CC1(C)[C@@H]2CC[C@@H]3OB(c4ccsc4)O[C@]3(C)[C@H]21. The average molecular weight is 262 g/mol. The number of thiophene rings is 1. The Morgan fingerprint density at radius 1 is 1.33 bits per heavy atom. The van der Waals surface area contributed by atoms with Gasteiger partial charge in [0, 0.05) is 0 Å². The van der Waals surface area contributed by atoms with Crippen molar-refractivity contribution < 1.29 is 9.31 Å². The molecular weight excluding hydrogens is 243 g/mol. The predicted molar refractivity (Wildman–Crippen MR) is 74.1 cm³/mol. The molecule has 2 saturated carbocycles. The summed E-state index contributed by atoms with van der Waals surface area (Å²) < 4.78 is 12.6. The van der Waals surface area contributed by atoms with Crippen molar-refractivity contribution in [2.75, 3.05) is 0 Å². The van der Waals surface area contributed by atoms with Gasteiger partial charge < -0.3 is 9.31 Å². The van der Waals surface area contributed by atoms with Gasteiger partial charge in [0.2, 0.25) is 0 Å². The highest BCUT2D eigenvalue weighted by Crippen LogP contribution is 2.70. The highest BCUT2D eigenvalue weighted by Gasteiger charge is 2.72. The molecular formula is C14H19BO2S. The summed E-state index contributed by atoms with van der Waals surface area (Å²) in [6, 6.07) is 2.12. The molecule has 3 aliphatic rings. The zero-order chi connectivity index (χ0) is 12.5. The quantitative estimate of drug-likeness (QED) is 0.724. The monoisotopic (exact) mass is 262 g/mol. The summed E-state index contributed by atoms with van der Waals surface area (Å²) in [5.41, 5.74) is 1.56. The first-order valence-corrected chi connectivity index (χ1v) is 7.83. The van der Waals surface area contributed by atoms with Gasteiger partial charge in [-0.25, -0.2) is 0 Å². The van der Waals surface area contributed by atoms with E-state index in [0.717, 1.165) is 12.3 Å². The molecule has 0 amide bonds. The highest BCUT2D eigenvalue weighted by atomic mass is 32.1. The Morgan fingerprint density at radius 3 is 2.89 bits per heavy atom. The van der Waals surface area contributed by atoms with Gasteiger partial charge in [-0.3, -0.25) is 0 Å². The molecule has 0 bridgehead atoms. The molecule has 1 aromatic heterocycles. The van der Waals surface area contributed by atoms with Crippen LogP contribution in [0.25, 0.3) is 0 Å². The molecule has 4 rings (SSSR count). The van der Waals surface area contributed by atoms with E-state index in [9.17, 15) is 0 Å². The molecule has 96 valence electrons. The van der Waals surface area contributed by atoms with Gasteiger partial charge in [0.25, 0.3) is 0 Å². The molecule has 4 heteroatoms. The van der Waals surface area contributed by atoms with Gasteiger partial charge >= 0.3 is 7.12 Å². The third kappa shape index (κ3) is 1.32. The molecule has 3 fully saturated rings. The van der Waals surface area contributed by atoms with E-state index in [1.54, 1.807) is 11.3 Å². The van der Waals surface area contributed by atoms with E-state index in [0.29, 0.717) is 11.3 Å². The Hall–Kier alpha value is -0.315. The minimum Gasteiger partial charge on any atom is -0.401 e. The summed E-state index contributed by atoms with van der Waals surface area (Å²) in [4.78, 5) is 0. The number of rotatable bonds is 1. The van der Waals surface area contributed by atoms with Crippen molar-refractivity contribution in [2.24, 2.45) is 17.3 Å². The van der Waals surface area contributed by atoms with Gasteiger partial charge in [0.05, 0.1) is 11.7 Å². The van der Waals surface area contributed by atoms with E-state index in [1.165, 1.54) is 11.9 Å². The van der Waals surface area contributed by atoms with Crippen LogP contribution in [0.3, 0.4) is 0 Å². The smallest absolute Gasteiger partial charge is 0.401 e. The maximum Gasteiger partial charge on any atom is 0.495 e. The summed E-state index contributed by atoms with van der Waals surface area (Å²) in [5.74, 6) is 1.51. The van der Waals surface area contributed by atoms with E-state index in [2.05, 4.69) is 37.6 Å². The molecule has 2 aliphatic carbocycles. The lowest BCUT2D eigenvalue weighted by molar-refractivity contribution is 0.000212. The second-order valence-electron chi connectivity index (χ2n) is 6.80. The summed E-state index contributed by atoms with van der Waals surface area (Å²) in [5, 5.41) is 4.23. The lowest BCUT2D eigenvalue weighted by Crippen LogP contribution is -2.43. The lowest BCUT2D eigenvalue weighted by Gasteiger charge is -2.34. The summed E-state index contributed by atoms with van der Waals surface area (Å²) in [6.07, 6.45) is 2.74. The van der Waals surface area contributed by atoms with Crippen LogP contribution in [0.15, 0.2) is 16.8 Å². The Labute approximate surface area is 113 Å². The maximum atomic E-state index is 6.37. The molecule has 2 heterocycles. The molecule has 4 atom stereocenters. The maximum absolute atomic E-state index is 6.37. The van der Waals surface area contributed by atoms with Crippen molar-refractivity contribution in [1.82, 2.24) is 0 Å². The largest absolute Gasteiger partial charge is 0.495 e. The van der Waals surface area contributed by atoms with Crippen LogP contribution in [0.5, 0.6) is 0 Å². The van der Waals surface area contributed by atoms with E-state index < -0.39 is 0 Å². The van der Waals surface area contributed by atoms with Crippen LogP contribution in [0.2, 0.25) is 0 Å². The van der Waals surface area contributed by atoms with Crippen LogP contribution >= 0.6 is 11.3 Å². The van der Waals surface area contributed by atoms with Crippen molar-refractivity contribution in [3.63, 3.8) is 0 Å². The van der Waals surface area contributed by atoms with Crippen LogP contribution < -0.4 is 5.46 Å². The first-order chi connectivity index (χ1) is 8.53. The Kier molecular flexibility index (Phi) is 2.18. The standard InChI is InChI=1S/C14H19BO2S/c1-13(2)10-4-5-11-14(3,12(10)13)17-15(16-11)9-6-7-18-8-9/h6-8,10-12H,4-5H2,1-3H3/t10-,11+,12-,14+/m1/s1. The zero-order valence-electron chi connectivity index (χ0n) is 11.2. The van der Waals surface area contributed by atoms with Gasteiger partial charge in [-0.1, -0.05) is 19.9 Å². The van der Waals surface area contributed by atoms with Gasteiger partial charge in [0.1, 0.15) is 0 Å². The first kappa shape index (κ1) is 11.5. The van der Waals surface area contributed by atoms with Gasteiger partial charge in [-0.15, -0.1) is 0 Å². The van der Waals surface area contributed by atoms with Crippen molar-refractivity contribution in [3.05, 3.63) is 16.8 Å². The first-order valence-electron chi connectivity index (χ1n) is 6.89. The Morgan fingerprint density at radius 2 is 2.17 bits per heavy atom. The summed E-state index contributed by atoms with van der Waals surface area (Å²) in [7, 11) is -0.138. The van der Waals surface area contributed by atoms with E-state index in [-0.39, 0.29) is 18.8 Å². The lowest BCUT2D eigenvalue weighted by atomic mass is 9.81. The van der Waals surface area contributed by atoms with Gasteiger partial charge in [-0.2, -0.15) is 11.3 Å². The van der Waals surface area contributed by atoms with Crippen LogP contribution in [-0.4, -0.2) is 18.8 Å². The second kappa shape index (κ2) is 3.41. The molecule has 18 heavy (non-hydrogen) atoms. The number of fused-ring (bicyclic) bond motifs is 3.